The maximum Gasteiger partial charge on any atom is 0.415 e. The highest BCUT2D eigenvalue weighted by molar-refractivity contribution is 7.99. The number of amides is 3. The number of carbonyl (C=O) groups is 3. The number of carbonyl (C=O) groups excluding carboxylic acids is 3. The van der Waals surface area contributed by atoms with Crippen LogP contribution < -0.4 is 4.74 Å². The van der Waals surface area contributed by atoms with Crippen molar-refractivity contribution in [3.05, 3.63) is 42.2 Å². The molecule has 2 saturated heterocycles. The number of H-pyrrole nitrogens is 1. The fraction of sp³-hybridized carbons (Fsp3) is 0.500. The van der Waals surface area contributed by atoms with E-state index in [2.05, 4.69) is 9.97 Å². The molecule has 2 aliphatic heterocycles. The zero-order valence-electron chi connectivity index (χ0n) is 19.1. The summed E-state index contributed by atoms with van der Waals surface area (Å²) in [7, 11) is 0. The molecule has 0 unspecified atom stereocenters. The van der Waals surface area contributed by atoms with E-state index in [1.54, 1.807) is 35.0 Å². The zero-order chi connectivity index (χ0) is 23.4. The van der Waals surface area contributed by atoms with Gasteiger partial charge >= 0.3 is 6.09 Å². The Morgan fingerprint density at radius 1 is 1.15 bits per heavy atom. The summed E-state index contributed by atoms with van der Waals surface area (Å²) in [5.74, 6) is 0.281. The van der Waals surface area contributed by atoms with Crippen LogP contribution in [0.2, 0.25) is 0 Å². The van der Waals surface area contributed by atoms with E-state index < -0.39 is 0 Å². The Morgan fingerprint density at radius 2 is 1.82 bits per heavy atom. The standard InChI is InChI=1S/C24H30N4O4S/c1-24(2)15-20(29)28(21(30)16-24)14-7-17-3-5-18(6-4-17)32-23(31)27-12-8-19(9-13-27)33-22-25-10-11-26-22/h3-6,10-11,19H,7-9,12-16H2,1-2H3,(H,25,26). The monoisotopic (exact) mass is 470 g/mol. The van der Waals surface area contributed by atoms with Crippen molar-refractivity contribution < 1.29 is 19.1 Å². The van der Waals surface area contributed by atoms with E-state index in [1.807, 2.05) is 32.2 Å². The molecule has 0 spiro atoms. The maximum absolute atomic E-state index is 12.5. The Kier molecular flexibility index (Phi) is 7.07. The average molecular weight is 471 g/mol. The Morgan fingerprint density at radius 3 is 2.42 bits per heavy atom. The third-order valence-electron chi connectivity index (χ3n) is 6.07. The molecular weight excluding hydrogens is 440 g/mol. The van der Waals surface area contributed by atoms with E-state index in [-0.39, 0.29) is 23.3 Å². The largest absolute Gasteiger partial charge is 0.415 e. The van der Waals surface area contributed by atoms with Crippen LogP contribution in [0, 0.1) is 5.41 Å². The second-order valence-electron chi connectivity index (χ2n) is 9.42. The van der Waals surface area contributed by atoms with Gasteiger partial charge in [-0.2, -0.15) is 0 Å². The lowest BCUT2D eigenvalue weighted by atomic mass is 9.81. The number of thioether (sulfide) groups is 1. The molecule has 3 heterocycles. The Hall–Kier alpha value is -2.81. The van der Waals surface area contributed by atoms with Gasteiger partial charge in [0.2, 0.25) is 11.8 Å². The summed E-state index contributed by atoms with van der Waals surface area (Å²) < 4.78 is 5.54. The number of imidazole rings is 1. The SMILES string of the molecule is CC1(C)CC(=O)N(CCc2ccc(OC(=O)N3CCC(Sc4ncc[nH]4)CC3)cc2)C(=O)C1. The molecule has 1 aromatic carbocycles. The molecule has 0 aliphatic carbocycles. The summed E-state index contributed by atoms with van der Waals surface area (Å²) in [4.78, 5) is 47.6. The number of nitrogens with one attached hydrogen (secondary N) is 1. The van der Waals surface area contributed by atoms with Crippen LogP contribution >= 0.6 is 11.8 Å². The van der Waals surface area contributed by atoms with Crippen molar-refractivity contribution in [3.8, 4) is 5.75 Å². The zero-order valence-corrected chi connectivity index (χ0v) is 19.9. The van der Waals surface area contributed by atoms with E-state index in [1.165, 1.54) is 4.90 Å². The summed E-state index contributed by atoms with van der Waals surface area (Å²) in [5.41, 5.74) is 0.722. The van der Waals surface area contributed by atoms with Crippen LogP contribution in [-0.2, 0) is 16.0 Å². The van der Waals surface area contributed by atoms with Crippen molar-refractivity contribution >= 4 is 29.7 Å². The van der Waals surface area contributed by atoms with Crippen molar-refractivity contribution in [2.75, 3.05) is 19.6 Å². The van der Waals surface area contributed by atoms with Crippen LogP contribution in [0.4, 0.5) is 4.79 Å². The minimum Gasteiger partial charge on any atom is -0.410 e. The van der Waals surface area contributed by atoms with Gasteiger partial charge in [0.25, 0.3) is 0 Å². The highest BCUT2D eigenvalue weighted by Crippen LogP contribution is 2.31. The number of aromatic amines is 1. The van der Waals surface area contributed by atoms with Gasteiger partial charge in [-0.1, -0.05) is 37.7 Å². The predicted molar refractivity (Wildman–Crippen MR) is 125 cm³/mol. The molecule has 9 heteroatoms. The van der Waals surface area contributed by atoms with Gasteiger partial charge in [0.05, 0.1) is 0 Å². The number of ether oxygens (including phenoxy) is 1. The minimum absolute atomic E-state index is 0.104. The van der Waals surface area contributed by atoms with Gasteiger partial charge in [-0.05, 0) is 42.4 Å². The molecule has 0 radical (unpaired) electrons. The second-order valence-corrected chi connectivity index (χ2v) is 10.7. The number of hydrogen-bond donors (Lipinski definition) is 1. The highest BCUT2D eigenvalue weighted by Gasteiger charge is 2.37. The van der Waals surface area contributed by atoms with Crippen LogP contribution in [-0.4, -0.2) is 62.6 Å². The molecule has 33 heavy (non-hydrogen) atoms. The van der Waals surface area contributed by atoms with Gasteiger partial charge < -0.3 is 14.6 Å². The molecule has 1 N–H and O–H groups in total. The molecular formula is C24H30N4O4S. The van der Waals surface area contributed by atoms with Crippen LogP contribution in [0.1, 0.15) is 45.1 Å². The number of hydrogen-bond acceptors (Lipinski definition) is 6. The number of rotatable bonds is 6. The number of nitrogens with zero attached hydrogens (tertiary/aromatic N) is 3. The van der Waals surface area contributed by atoms with E-state index in [9.17, 15) is 14.4 Å². The molecule has 1 aromatic heterocycles. The predicted octanol–water partition coefficient (Wildman–Crippen LogP) is 3.88. The molecule has 0 saturated carbocycles. The van der Waals surface area contributed by atoms with Crippen molar-refractivity contribution in [1.29, 1.82) is 0 Å². The summed E-state index contributed by atoms with van der Waals surface area (Å²) in [6, 6.07) is 7.26. The van der Waals surface area contributed by atoms with Crippen LogP contribution in [0.25, 0.3) is 0 Å². The first-order valence-corrected chi connectivity index (χ1v) is 12.2. The van der Waals surface area contributed by atoms with Gasteiger partial charge in [0.15, 0.2) is 5.16 Å². The summed E-state index contributed by atoms with van der Waals surface area (Å²) in [6.07, 6.45) is 6.37. The van der Waals surface area contributed by atoms with Crippen molar-refractivity contribution in [2.24, 2.45) is 5.41 Å². The number of aromatic nitrogens is 2. The molecule has 4 rings (SSSR count). The fourth-order valence-electron chi connectivity index (χ4n) is 4.22. The first-order chi connectivity index (χ1) is 15.8. The third kappa shape index (κ3) is 6.16. The molecule has 3 amide bonds. The molecule has 2 fully saturated rings. The molecule has 8 nitrogen and oxygen atoms in total. The lowest BCUT2D eigenvalue weighted by Crippen LogP contribution is -2.46. The number of benzene rings is 1. The first kappa shape index (κ1) is 23.4. The molecule has 176 valence electrons. The third-order valence-corrected chi connectivity index (χ3v) is 7.32. The van der Waals surface area contributed by atoms with Crippen molar-refractivity contribution in [1.82, 2.24) is 19.8 Å². The van der Waals surface area contributed by atoms with E-state index >= 15 is 0 Å². The normalized spacial score (nSPS) is 19.1. The Bertz CT molecular complexity index is 962. The van der Waals surface area contributed by atoms with Crippen molar-refractivity contribution in [3.63, 3.8) is 0 Å². The second kappa shape index (κ2) is 9.99. The molecule has 0 bridgehead atoms. The summed E-state index contributed by atoms with van der Waals surface area (Å²) >= 11 is 1.71. The number of imide groups is 1. The first-order valence-electron chi connectivity index (χ1n) is 11.3. The number of piperidine rings is 2. The lowest BCUT2D eigenvalue weighted by Gasteiger charge is -2.34. The Balaban J connectivity index is 1.22. The summed E-state index contributed by atoms with van der Waals surface area (Å²) in [5, 5.41) is 1.35. The molecule has 2 aromatic rings. The number of likely N-dealkylation sites (tertiary alicyclic amines) is 2. The quantitative estimate of drug-likeness (QED) is 0.644. The van der Waals surface area contributed by atoms with E-state index in [4.69, 9.17) is 4.74 Å². The van der Waals surface area contributed by atoms with E-state index in [0.717, 1.165) is 23.6 Å². The summed E-state index contributed by atoms with van der Waals surface area (Å²) in [6.45, 7) is 5.58. The smallest absolute Gasteiger partial charge is 0.410 e. The van der Waals surface area contributed by atoms with Crippen LogP contribution in [0.5, 0.6) is 5.75 Å². The van der Waals surface area contributed by atoms with Crippen LogP contribution in [0.3, 0.4) is 0 Å². The van der Waals surface area contributed by atoms with Gasteiger partial charge in [0, 0.05) is 50.1 Å². The Labute approximate surface area is 198 Å². The highest BCUT2D eigenvalue weighted by atomic mass is 32.2. The minimum atomic E-state index is -0.337. The lowest BCUT2D eigenvalue weighted by molar-refractivity contribution is -0.152. The van der Waals surface area contributed by atoms with Gasteiger partial charge in [-0.25, -0.2) is 9.78 Å². The fourth-order valence-corrected chi connectivity index (χ4v) is 5.24. The van der Waals surface area contributed by atoms with Gasteiger partial charge in [-0.15, -0.1) is 0 Å². The molecule has 0 atom stereocenters. The van der Waals surface area contributed by atoms with E-state index in [0.29, 0.717) is 49.9 Å². The van der Waals surface area contributed by atoms with Gasteiger partial charge in [-0.3, -0.25) is 14.5 Å². The maximum atomic E-state index is 12.5. The molecule has 2 aliphatic rings. The van der Waals surface area contributed by atoms with Gasteiger partial charge in [0.1, 0.15) is 5.75 Å². The average Bonchev–Trinajstić information content (AvgIpc) is 3.27. The van der Waals surface area contributed by atoms with Crippen molar-refractivity contribution in [2.45, 2.75) is 56.4 Å². The van der Waals surface area contributed by atoms with Crippen LogP contribution in [0.15, 0.2) is 41.8 Å². The topological polar surface area (TPSA) is 95.6 Å².